The molecule has 0 amide bonds. The molecule has 4 nitrogen and oxygen atoms in total. The molecule has 4 heteroatoms. The molecular weight excluding hydrogens is 171 g/mol. The van der Waals surface area contributed by atoms with Crippen molar-refractivity contribution < 1.29 is 35.7 Å². The Morgan fingerprint density at radius 1 is 1.77 bits per heavy atom. The highest BCUT2D eigenvalue weighted by Crippen LogP contribution is 2.43. The topological polar surface area (TPSA) is 60.4 Å². The first kappa shape index (κ1) is 1.99. The lowest BCUT2D eigenvalue weighted by Crippen LogP contribution is -2.47. The summed E-state index contributed by atoms with van der Waals surface area (Å²) in [6.45, 7) is -17.2. The molecule has 1 atom stereocenters. The fourth-order valence-corrected chi connectivity index (χ4v) is 0.874. The molecule has 1 heterocycles. The molecule has 0 aromatic carbocycles. The van der Waals surface area contributed by atoms with Gasteiger partial charge in [-0.1, -0.05) is 0 Å². The molecule has 1 saturated heterocycles. The van der Waals surface area contributed by atoms with Gasteiger partial charge >= 0.3 is 5.97 Å². The Morgan fingerprint density at radius 2 is 2.46 bits per heavy atom. The first-order chi connectivity index (χ1) is 12.4. The molecule has 1 aliphatic rings. The van der Waals surface area contributed by atoms with Crippen molar-refractivity contribution in [3.63, 3.8) is 0 Å². The highest BCUT2D eigenvalue weighted by Gasteiger charge is 2.55. The Labute approximate surface area is 101 Å². The summed E-state index contributed by atoms with van der Waals surface area (Å²) in [5, 5.41) is 15.2. The average Bonchev–Trinajstić information content (AvgIpc) is 2.54. The number of hydrogen-bond donors (Lipinski definition) is 1. The molecule has 0 aliphatic carbocycles. The Hall–Kier alpha value is -0.610. The molecule has 0 saturated carbocycles. The normalized spacial score (nSPS) is 63.2. The summed E-state index contributed by atoms with van der Waals surface area (Å²) in [6, 6.07) is 0. The molecule has 75 valence electrons. The lowest BCUT2D eigenvalue weighted by molar-refractivity contribution is -0.248. The summed E-state index contributed by atoms with van der Waals surface area (Å²) < 4.78 is 121. The van der Waals surface area contributed by atoms with Crippen LogP contribution in [0.3, 0.4) is 0 Å². The van der Waals surface area contributed by atoms with Crippen LogP contribution in [-0.2, 0) is 10.0 Å². The lowest BCUT2D eigenvalue weighted by Gasteiger charge is -2.32. The summed E-state index contributed by atoms with van der Waals surface area (Å²) in [7, 11) is 0. The minimum Gasteiger partial charge on any atom is -0.481 e. The lowest BCUT2D eigenvalue weighted by atomic mass is 9.87. The van der Waals surface area contributed by atoms with Gasteiger partial charge in [0.15, 0.2) is 0 Å². The van der Waals surface area contributed by atoms with Crippen LogP contribution in [0, 0.1) is 5.89 Å². The van der Waals surface area contributed by atoms with Crippen LogP contribution in [-0.4, -0.2) is 27.2 Å². The maximum Gasteiger partial charge on any atom is 0.308 e. The van der Waals surface area contributed by atoms with Crippen LogP contribution >= 0.6 is 0 Å². The van der Waals surface area contributed by atoms with E-state index in [0.717, 1.165) is 0 Å². The summed E-state index contributed by atoms with van der Waals surface area (Å²) >= 11 is 0. The molecule has 0 spiro atoms. The van der Waals surface area contributed by atoms with Crippen molar-refractivity contribution in [2.24, 2.45) is 5.89 Å². The highest BCUT2D eigenvalue weighted by atomic mass is 16.8. The molecule has 1 radical (unpaired) electrons. The van der Waals surface area contributed by atoms with E-state index in [1.807, 2.05) is 0 Å². The third-order valence-corrected chi connectivity index (χ3v) is 1.48. The van der Waals surface area contributed by atoms with Crippen LogP contribution in [0.4, 0.5) is 0 Å². The fraction of sp³-hybridized carbons (Fsp3) is 0.889. The minimum atomic E-state index is -4.56. The van der Waals surface area contributed by atoms with Gasteiger partial charge in [0, 0.05) is 26.1 Å². The van der Waals surface area contributed by atoms with Gasteiger partial charge in [-0.05, 0) is 33.8 Å². The number of carbonyl (C=O) groups is 1. The zero-order valence-corrected chi connectivity index (χ0v) is 6.17. The third-order valence-electron chi connectivity index (χ3n) is 1.48. The van der Waals surface area contributed by atoms with Crippen LogP contribution in [0.5, 0.6) is 0 Å². The molecule has 1 fully saturated rings. The van der Waals surface area contributed by atoms with Gasteiger partial charge in [-0.25, -0.2) is 0 Å². The summed E-state index contributed by atoms with van der Waals surface area (Å²) in [4.78, 5) is 12.3. The van der Waals surface area contributed by atoms with E-state index in [4.69, 9.17) is 22.0 Å². The largest absolute Gasteiger partial charge is 0.481 e. The van der Waals surface area contributed by atoms with E-state index in [-0.39, 0.29) is 0 Å². The number of hydroxylamine groups is 2. The zero-order chi connectivity index (χ0) is 23.9. The Kier molecular flexibility index (Phi) is 0.412. The monoisotopic (exact) mass is 203 g/mol. The molecule has 1 unspecified atom stereocenters. The van der Waals surface area contributed by atoms with Crippen LogP contribution in [0.1, 0.15) is 54.3 Å². The smallest absolute Gasteiger partial charge is 0.308 e. The van der Waals surface area contributed by atoms with Gasteiger partial charge in [0.1, 0.15) is 0 Å². The minimum absolute atomic E-state index is 1.51. The van der Waals surface area contributed by atoms with Crippen molar-refractivity contribution in [3.8, 4) is 0 Å². The number of aliphatic carboxylic acids is 1. The maximum atomic E-state index is 13.2. The van der Waals surface area contributed by atoms with Crippen LogP contribution in [0.25, 0.3) is 1.43 Å². The molecule has 0 aromatic heterocycles. The van der Waals surface area contributed by atoms with Gasteiger partial charge in [-0.15, -0.1) is 10.3 Å². The average molecular weight is 203 g/mol. The first-order valence-electron chi connectivity index (χ1n) is 10.9. The van der Waals surface area contributed by atoms with E-state index in [1.54, 1.807) is 0 Å². The standard InChI is InChI=1S/C9H16NO3/c1-8(2)5-6(7(11)12)9(3,4)10(8)13/h6H,5H2,1-4H3,(H,11,12)/i1D3,2D3,3D3,4D3,5D2,6D,10+1/hD. The number of carboxylic acids is 1. The summed E-state index contributed by atoms with van der Waals surface area (Å²) in [6.07, 6.45) is -4.49. The molecular formula is C9H16NO3. The van der Waals surface area contributed by atoms with E-state index in [0.29, 0.717) is 0 Å². The predicted molar refractivity (Wildman–Crippen MR) is 46.4 cm³/mol. The molecule has 1 N–H and O–H groups in total. The van der Waals surface area contributed by atoms with Crippen molar-refractivity contribution >= 4 is 5.97 Å². The van der Waals surface area contributed by atoms with E-state index < -0.39 is 61.8 Å². The van der Waals surface area contributed by atoms with Crippen molar-refractivity contribution in [3.05, 3.63) is 0 Å². The van der Waals surface area contributed by atoms with Crippen molar-refractivity contribution in [2.45, 2.75) is 44.9 Å². The van der Waals surface area contributed by atoms with E-state index in [1.165, 1.54) is 0 Å². The van der Waals surface area contributed by atoms with Crippen molar-refractivity contribution in [2.75, 3.05) is 0 Å². The summed E-state index contributed by atoms with van der Waals surface area (Å²) in [5.41, 5.74) is -9.05. The maximum absolute atomic E-state index is 13.2. The van der Waals surface area contributed by atoms with E-state index in [2.05, 4.69) is 5.11 Å². The number of rotatable bonds is 1. The SMILES string of the molecule is [2H]OC(=O)C1([2H])C([2H])([2H])C(C([2H])([2H])[2H])(C([2H])([2H])[2H])[15N]([O])C1(C([2H])([2H])[2H])C([2H])([2H])[2H]. The van der Waals surface area contributed by atoms with Gasteiger partial charge in [0.25, 0.3) is 1.43 Å². The predicted octanol–water partition coefficient (Wildman–Crippen LogP) is 1.30. The van der Waals surface area contributed by atoms with Crippen LogP contribution < -0.4 is 0 Å². The molecule has 1 rings (SSSR count). The number of nitrogens with zero attached hydrogens (tertiary/aromatic N) is 1. The molecule has 0 bridgehead atoms. The first-order valence-corrected chi connectivity index (χ1v) is 3.04. The van der Waals surface area contributed by atoms with Crippen LogP contribution in [0.2, 0.25) is 0 Å². The van der Waals surface area contributed by atoms with Gasteiger partial charge in [0.05, 0.1) is 11.4 Å². The van der Waals surface area contributed by atoms with Crippen LogP contribution in [0.15, 0.2) is 0 Å². The van der Waals surface area contributed by atoms with Gasteiger partial charge in [0.2, 0.25) is 0 Å². The van der Waals surface area contributed by atoms with Gasteiger partial charge < -0.3 is 5.11 Å². The second-order valence-corrected chi connectivity index (χ2v) is 2.50. The summed E-state index contributed by atoms with van der Waals surface area (Å²) in [5.74, 6) is -7.06. The molecule has 0 aromatic rings. The fourth-order valence-electron chi connectivity index (χ4n) is 0.874. The van der Waals surface area contributed by atoms with Crippen molar-refractivity contribution in [1.29, 1.82) is 1.43 Å². The second-order valence-electron chi connectivity index (χ2n) is 2.50. The second kappa shape index (κ2) is 2.69. The zero-order valence-electron chi connectivity index (χ0n) is 22.2. The highest BCUT2D eigenvalue weighted by molar-refractivity contribution is 5.72. The van der Waals surface area contributed by atoms with E-state index in [9.17, 15) is 10.0 Å². The van der Waals surface area contributed by atoms with E-state index >= 15 is 0 Å². The number of carboxylic acid groups (broad SMARTS) is 1. The third kappa shape index (κ3) is 1.44. The molecule has 1 aliphatic heterocycles. The van der Waals surface area contributed by atoms with Crippen molar-refractivity contribution in [1.82, 2.24) is 5.06 Å². The Bertz CT molecular complexity index is 645. The Morgan fingerprint density at radius 3 is 2.92 bits per heavy atom. The molecule has 13 heavy (non-hydrogen) atoms. The Balaban J connectivity index is 4.53. The van der Waals surface area contributed by atoms with Gasteiger partial charge in [-0.2, -0.15) is 0 Å². The quantitative estimate of drug-likeness (QED) is 0.653. The number of hydrogen-bond acceptors (Lipinski definition) is 3. The van der Waals surface area contributed by atoms with Gasteiger partial charge in [-0.3, -0.25) is 4.79 Å².